The molecule has 1 aromatic heterocycles. The fourth-order valence-corrected chi connectivity index (χ4v) is 4.00. The second-order valence-corrected chi connectivity index (χ2v) is 8.19. The minimum Gasteiger partial charge on any atom is -0.330 e. The number of thioether (sulfide) groups is 1. The van der Waals surface area contributed by atoms with E-state index in [0.29, 0.717) is 15.2 Å². The van der Waals surface area contributed by atoms with Crippen molar-refractivity contribution in [2.75, 3.05) is 10.6 Å². The number of carbonyl (C=O) groups excluding carboxylic acids is 1. The second kappa shape index (κ2) is 8.29. The van der Waals surface area contributed by atoms with Crippen molar-refractivity contribution in [1.29, 1.82) is 0 Å². The first-order valence-corrected chi connectivity index (χ1v) is 9.59. The number of aromatic nitrogens is 2. The van der Waals surface area contributed by atoms with Gasteiger partial charge in [0.2, 0.25) is 11.0 Å². The van der Waals surface area contributed by atoms with Crippen LogP contribution in [0.4, 0.5) is 20.9 Å². The highest BCUT2D eigenvalue weighted by atomic mass is 32.2. The van der Waals surface area contributed by atoms with Crippen molar-refractivity contribution in [2.24, 2.45) is 0 Å². The summed E-state index contributed by atoms with van der Waals surface area (Å²) in [4.78, 5) is 12.2. The molecule has 1 unspecified atom stereocenters. The van der Waals surface area contributed by atoms with Gasteiger partial charge >= 0.3 is 0 Å². The first kappa shape index (κ1) is 18.3. The van der Waals surface area contributed by atoms with Gasteiger partial charge in [-0.3, -0.25) is 4.79 Å². The van der Waals surface area contributed by atoms with E-state index in [2.05, 4.69) is 20.8 Å². The Morgan fingerprint density at radius 3 is 2.65 bits per heavy atom. The van der Waals surface area contributed by atoms with Gasteiger partial charge in [-0.1, -0.05) is 46.9 Å². The molecule has 0 bridgehead atoms. The molecule has 0 spiro atoms. The average molecular weight is 388 g/mol. The predicted octanol–water partition coefficient (Wildman–Crippen LogP) is 4.85. The van der Waals surface area contributed by atoms with Crippen LogP contribution in [0.1, 0.15) is 12.5 Å². The van der Waals surface area contributed by atoms with Crippen LogP contribution >= 0.6 is 23.1 Å². The van der Waals surface area contributed by atoms with Gasteiger partial charge in [-0.25, -0.2) is 4.39 Å². The lowest BCUT2D eigenvalue weighted by molar-refractivity contribution is -0.115. The van der Waals surface area contributed by atoms with Gasteiger partial charge in [-0.15, -0.1) is 10.2 Å². The van der Waals surface area contributed by atoms with Crippen LogP contribution in [-0.4, -0.2) is 21.4 Å². The lowest BCUT2D eigenvalue weighted by Crippen LogP contribution is -2.22. The van der Waals surface area contributed by atoms with Crippen LogP contribution in [0, 0.1) is 12.7 Å². The molecule has 1 amide bonds. The van der Waals surface area contributed by atoms with Crippen LogP contribution in [0.5, 0.6) is 0 Å². The van der Waals surface area contributed by atoms with Crippen LogP contribution in [-0.2, 0) is 4.79 Å². The predicted molar refractivity (Wildman–Crippen MR) is 105 cm³/mol. The van der Waals surface area contributed by atoms with Crippen molar-refractivity contribution in [1.82, 2.24) is 10.2 Å². The molecule has 2 N–H and O–H groups in total. The van der Waals surface area contributed by atoms with Crippen LogP contribution in [0.25, 0.3) is 0 Å². The molecule has 0 fully saturated rings. The minimum atomic E-state index is -0.390. The molecule has 5 nitrogen and oxygen atoms in total. The number of nitrogens with zero attached hydrogens (tertiary/aromatic N) is 2. The monoisotopic (exact) mass is 388 g/mol. The lowest BCUT2D eigenvalue weighted by atomic mass is 10.2. The summed E-state index contributed by atoms with van der Waals surface area (Å²) in [7, 11) is 0. The Morgan fingerprint density at radius 2 is 1.92 bits per heavy atom. The summed E-state index contributed by atoms with van der Waals surface area (Å²) < 4.78 is 13.9. The van der Waals surface area contributed by atoms with Gasteiger partial charge in [0.25, 0.3) is 0 Å². The van der Waals surface area contributed by atoms with Crippen LogP contribution < -0.4 is 10.6 Å². The molecule has 0 radical (unpaired) electrons. The molecule has 3 rings (SSSR count). The molecule has 1 atom stereocenters. The summed E-state index contributed by atoms with van der Waals surface area (Å²) in [6, 6.07) is 13.8. The van der Waals surface area contributed by atoms with Crippen molar-refractivity contribution in [3.05, 3.63) is 59.9 Å². The molecule has 0 aliphatic heterocycles. The van der Waals surface area contributed by atoms with E-state index in [1.54, 1.807) is 19.1 Å². The zero-order valence-corrected chi connectivity index (χ0v) is 15.8. The maximum Gasteiger partial charge on any atom is 0.237 e. The molecule has 0 aliphatic rings. The van der Waals surface area contributed by atoms with E-state index in [9.17, 15) is 9.18 Å². The quantitative estimate of drug-likeness (QED) is 0.591. The van der Waals surface area contributed by atoms with Crippen molar-refractivity contribution >= 4 is 45.5 Å². The van der Waals surface area contributed by atoms with Gasteiger partial charge in [-0.2, -0.15) is 0 Å². The van der Waals surface area contributed by atoms with E-state index in [1.165, 1.54) is 40.8 Å². The first-order chi connectivity index (χ1) is 12.5. The molecule has 134 valence electrons. The Balaban J connectivity index is 1.57. The largest absolute Gasteiger partial charge is 0.330 e. The van der Waals surface area contributed by atoms with Gasteiger partial charge in [0, 0.05) is 11.4 Å². The number of benzene rings is 2. The summed E-state index contributed by atoms with van der Waals surface area (Å²) in [6.45, 7) is 3.80. The number of rotatable bonds is 6. The molecule has 0 saturated carbocycles. The van der Waals surface area contributed by atoms with Crippen molar-refractivity contribution < 1.29 is 9.18 Å². The standard InChI is InChI=1S/C18H17FN4OS2/c1-11-6-8-14(9-7-11)21-17-22-23-18(26-17)25-12(2)16(24)20-15-5-3-4-13(19)10-15/h3-10,12H,1-2H3,(H,20,24)(H,21,22). The molecule has 1 heterocycles. The highest BCUT2D eigenvalue weighted by molar-refractivity contribution is 8.02. The Morgan fingerprint density at radius 1 is 1.15 bits per heavy atom. The zero-order valence-electron chi connectivity index (χ0n) is 14.2. The summed E-state index contributed by atoms with van der Waals surface area (Å²) in [5, 5.41) is 14.4. The Kier molecular flexibility index (Phi) is 5.85. The maximum absolute atomic E-state index is 13.2. The number of nitrogens with one attached hydrogen (secondary N) is 2. The van der Waals surface area contributed by atoms with E-state index in [-0.39, 0.29) is 11.7 Å². The van der Waals surface area contributed by atoms with Crippen molar-refractivity contribution in [3.8, 4) is 0 Å². The number of hydrogen-bond donors (Lipinski definition) is 2. The Labute approximate surface area is 159 Å². The highest BCUT2D eigenvalue weighted by Crippen LogP contribution is 2.31. The number of hydrogen-bond acceptors (Lipinski definition) is 6. The normalized spacial score (nSPS) is 11.8. The second-order valence-electron chi connectivity index (χ2n) is 5.62. The number of anilines is 3. The van der Waals surface area contributed by atoms with Gasteiger partial charge in [0.05, 0.1) is 5.25 Å². The minimum absolute atomic E-state index is 0.219. The Hall–Kier alpha value is -2.45. The number of aryl methyl sites for hydroxylation is 1. The maximum atomic E-state index is 13.2. The molecule has 26 heavy (non-hydrogen) atoms. The summed E-state index contributed by atoms with van der Waals surface area (Å²) in [6.07, 6.45) is 0. The van der Waals surface area contributed by atoms with E-state index in [0.717, 1.165) is 5.69 Å². The van der Waals surface area contributed by atoms with Crippen molar-refractivity contribution in [3.63, 3.8) is 0 Å². The first-order valence-electron chi connectivity index (χ1n) is 7.90. The fourth-order valence-electron chi connectivity index (χ4n) is 2.08. The van der Waals surface area contributed by atoms with E-state index < -0.39 is 5.25 Å². The molecular formula is C18H17FN4OS2. The molecule has 0 saturated heterocycles. The molecule has 8 heteroatoms. The van der Waals surface area contributed by atoms with Crippen molar-refractivity contribution in [2.45, 2.75) is 23.4 Å². The lowest BCUT2D eigenvalue weighted by Gasteiger charge is -2.10. The number of amides is 1. The fraction of sp³-hybridized carbons (Fsp3) is 0.167. The number of carbonyl (C=O) groups is 1. The summed E-state index contributed by atoms with van der Waals surface area (Å²) in [5.41, 5.74) is 2.55. The van der Waals surface area contributed by atoms with Gasteiger partial charge in [0.1, 0.15) is 5.82 Å². The van der Waals surface area contributed by atoms with Crippen LogP contribution in [0.2, 0.25) is 0 Å². The SMILES string of the molecule is Cc1ccc(Nc2nnc(SC(C)C(=O)Nc3cccc(F)c3)s2)cc1. The average Bonchev–Trinajstić information content (AvgIpc) is 3.04. The van der Waals surface area contributed by atoms with Gasteiger partial charge in [-0.05, 0) is 44.2 Å². The molecular weight excluding hydrogens is 371 g/mol. The van der Waals surface area contributed by atoms with Gasteiger partial charge in [0.15, 0.2) is 4.34 Å². The topological polar surface area (TPSA) is 66.9 Å². The molecule has 0 aliphatic carbocycles. The van der Waals surface area contributed by atoms with E-state index >= 15 is 0 Å². The zero-order chi connectivity index (χ0) is 18.5. The highest BCUT2D eigenvalue weighted by Gasteiger charge is 2.17. The molecule has 3 aromatic rings. The van der Waals surface area contributed by atoms with E-state index in [4.69, 9.17) is 0 Å². The van der Waals surface area contributed by atoms with Crippen LogP contribution in [0.3, 0.4) is 0 Å². The van der Waals surface area contributed by atoms with Gasteiger partial charge < -0.3 is 10.6 Å². The summed E-state index contributed by atoms with van der Waals surface area (Å²) >= 11 is 2.68. The Bertz CT molecular complexity index is 898. The smallest absolute Gasteiger partial charge is 0.237 e. The number of halogens is 1. The third-order valence-electron chi connectivity index (χ3n) is 3.45. The third kappa shape index (κ3) is 5.03. The van der Waals surface area contributed by atoms with E-state index in [1.807, 2.05) is 31.2 Å². The summed E-state index contributed by atoms with van der Waals surface area (Å²) in [5.74, 6) is -0.608. The third-order valence-corrected chi connectivity index (χ3v) is 5.47. The van der Waals surface area contributed by atoms with Crippen LogP contribution in [0.15, 0.2) is 52.9 Å². The molecule has 2 aromatic carbocycles.